The molecule has 1 heterocycles. The van der Waals surface area contributed by atoms with Gasteiger partial charge in [-0.05, 0) is 23.7 Å². The van der Waals surface area contributed by atoms with E-state index in [1.807, 2.05) is 11.8 Å². The molecular weight excluding hydrogens is 252 g/mol. The van der Waals surface area contributed by atoms with Gasteiger partial charge in [0.15, 0.2) is 5.17 Å². The van der Waals surface area contributed by atoms with Gasteiger partial charge >= 0.3 is 0 Å². The van der Waals surface area contributed by atoms with E-state index in [9.17, 15) is 0 Å². The average Bonchev–Trinajstić information content (AvgIpc) is 2.79. The molecule has 0 radical (unpaired) electrons. The Morgan fingerprint density at radius 3 is 2.21 bits per heavy atom. The van der Waals surface area contributed by atoms with Crippen LogP contribution in [0.5, 0.6) is 0 Å². The molecule has 2 nitrogen and oxygen atoms in total. The molecule has 0 saturated carbocycles. The molecule has 0 saturated heterocycles. The molecule has 1 unspecified atom stereocenters. The Hall–Kier alpha value is -0.180. The Kier molecular flexibility index (Phi) is 7.27. The zero-order chi connectivity index (χ0) is 14.4. The zero-order valence-corrected chi connectivity index (χ0v) is 14.4. The molecule has 3 heteroatoms. The number of aliphatic imine (C=N–C) groups is 1. The van der Waals surface area contributed by atoms with Gasteiger partial charge in [0, 0.05) is 11.8 Å². The summed E-state index contributed by atoms with van der Waals surface area (Å²) in [6.07, 6.45) is 2.55. The molecule has 0 aromatic carbocycles. The second-order valence-electron chi connectivity index (χ2n) is 6.41. The van der Waals surface area contributed by atoms with Gasteiger partial charge in [-0.15, -0.1) is 0 Å². The highest BCUT2D eigenvalue weighted by molar-refractivity contribution is 8.14. The van der Waals surface area contributed by atoms with E-state index in [1.54, 1.807) is 0 Å². The average molecular weight is 285 g/mol. The molecule has 19 heavy (non-hydrogen) atoms. The second-order valence-corrected chi connectivity index (χ2v) is 7.64. The van der Waals surface area contributed by atoms with E-state index in [1.165, 1.54) is 18.0 Å². The van der Waals surface area contributed by atoms with Crippen LogP contribution in [-0.4, -0.2) is 23.5 Å². The third-order valence-electron chi connectivity index (χ3n) is 4.45. The normalized spacial score (nSPS) is 19.9. The quantitative estimate of drug-likeness (QED) is 0.749. The maximum Gasteiger partial charge on any atom is 0.156 e. The molecule has 112 valence electrons. The highest BCUT2D eigenvalue weighted by Crippen LogP contribution is 2.30. The predicted octanol–water partition coefficient (Wildman–Crippen LogP) is 4.41. The first kappa shape index (κ1) is 16.9. The summed E-state index contributed by atoms with van der Waals surface area (Å²) in [5, 5.41) is 5.48. The largest absolute Gasteiger partial charge is 0.365 e. The number of nitrogens with zero attached hydrogens (tertiary/aromatic N) is 1. The van der Waals surface area contributed by atoms with Gasteiger partial charge in [-0.3, -0.25) is 4.99 Å². The van der Waals surface area contributed by atoms with Crippen LogP contribution >= 0.6 is 11.8 Å². The molecule has 0 fully saturated rings. The van der Waals surface area contributed by atoms with E-state index >= 15 is 0 Å². The molecule has 0 spiro atoms. The first-order valence-electron chi connectivity index (χ1n) is 7.94. The summed E-state index contributed by atoms with van der Waals surface area (Å²) in [4.78, 5) is 4.69. The van der Waals surface area contributed by atoms with E-state index in [-0.39, 0.29) is 0 Å². The zero-order valence-electron chi connectivity index (χ0n) is 13.6. The molecule has 0 aliphatic carbocycles. The van der Waals surface area contributed by atoms with Crippen molar-refractivity contribution in [3.8, 4) is 0 Å². The van der Waals surface area contributed by atoms with Crippen molar-refractivity contribution < 1.29 is 0 Å². The van der Waals surface area contributed by atoms with Gasteiger partial charge in [0.05, 0.1) is 6.54 Å². The maximum atomic E-state index is 4.69. The number of hydrogen-bond acceptors (Lipinski definition) is 3. The Labute approximate surface area is 124 Å². The van der Waals surface area contributed by atoms with Gasteiger partial charge in [-0.25, -0.2) is 0 Å². The second kappa shape index (κ2) is 8.18. The summed E-state index contributed by atoms with van der Waals surface area (Å²) in [6, 6.07) is 0. The van der Waals surface area contributed by atoms with Crippen molar-refractivity contribution in [3.63, 3.8) is 0 Å². The summed E-state index contributed by atoms with van der Waals surface area (Å²) in [5.41, 5.74) is 0. The predicted molar refractivity (Wildman–Crippen MR) is 88.9 cm³/mol. The van der Waals surface area contributed by atoms with Crippen LogP contribution in [0.1, 0.15) is 54.4 Å². The van der Waals surface area contributed by atoms with E-state index in [4.69, 9.17) is 4.99 Å². The minimum atomic E-state index is 0.703. The lowest BCUT2D eigenvalue weighted by atomic mass is 9.86. The third-order valence-corrected chi connectivity index (χ3v) is 5.79. The molecule has 1 atom stereocenters. The standard InChI is InChI=1S/C16H32N2S/c1-7-13(8-2)15-10-18-16(19-15)17-9-14(11(3)4)12(5)6/h11-15H,7-10H2,1-6H3,(H,17,18). The molecule has 1 rings (SSSR count). The fourth-order valence-corrected chi connectivity index (χ4v) is 4.32. The number of nitrogens with one attached hydrogen (secondary N) is 1. The van der Waals surface area contributed by atoms with Crippen LogP contribution in [-0.2, 0) is 0 Å². The highest BCUT2D eigenvalue weighted by atomic mass is 32.2. The van der Waals surface area contributed by atoms with Crippen LogP contribution in [0.15, 0.2) is 4.99 Å². The van der Waals surface area contributed by atoms with Crippen molar-refractivity contribution in [1.82, 2.24) is 5.32 Å². The van der Waals surface area contributed by atoms with E-state index < -0.39 is 0 Å². The van der Waals surface area contributed by atoms with Gasteiger partial charge in [0.2, 0.25) is 0 Å². The summed E-state index contributed by atoms with van der Waals surface area (Å²) in [6.45, 7) is 16.0. The molecule has 0 aromatic heterocycles. The number of rotatable bonds is 7. The summed E-state index contributed by atoms with van der Waals surface area (Å²) < 4.78 is 0. The summed E-state index contributed by atoms with van der Waals surface area (Å²) in [7, 11) is 0. The van der Waals surface area contributed by atoms with Crippen molar-refractivity contribution >= 4 is 16.9 Å². The molecule has 0 amide bonds. The van der Waals surface area contributed by atoms with Gasteiger partial charge in [0.1, 0.15) is 0 Å². The molecule has 0 bridgehead atoms. The van der Waals surface area contributed by atoms with E-state index in [0.29, 0.717) is 5.25 Å². The van der Waals surface area contributed by atoms with Crippen LogP contribution in [0, 0.1) is 23.7 Å². The van der Waals surface area contributed by atoms with Crippen LogP contribution < -0.4 is 5.32 Å². The molecule has 0 aromatic rings. The lowest BCUT2D eigenvalue weighted by molar-refractivity contribution is 0.288. The van der Waals surface area contributed by atoms with Crippen molar-refractivity contribution in [2.45, 2.75) is 59.6 Å². The summed E-state index contributed by atoms with van der Waals surface area (Å²) >= 11 is 1.97. The fourth-order valence-electron chi connectivity index (χ4n) is 2.99. The van der Waals surface area contributed by atoms with E-state index in [2.05, 4.69) is 46.9 Å². The fraction of sp³-hybridized carbons (Fsp3) is 0.938. The Bertz CT molecular complexity index is 274. The van der Waals surface area contributed by atoms with Crippen LogP contribution in [0.2, 0.25) is 0 Å². The van der Waals surface area contributed by atoms with Crippen molar-refractivity contribution in [1.29, 1.82) is 0 Å². The SMILES string of the molecule is CCC(CC)C1CN=C(NCC(C(C)C)C(C)C)S1. The Balaban J connectivity index is 2.39. The molecular formula is C16H32N2S. The molecule has 1 aliphatic heterocycles. The number of thioether (sulfide) groups is 1. The maximum absolute atomic E-state index is 4.69. The van der Waals surface area contributed by atoms with Crippen LogP contribution in [0.25, 0.3) is 0 Å². The van der Waals surface area contributed by atoms with Crippen molar-refractivity contribution in [2.75, 3.05) is 13.1 Å². The van der Waals surface area contributed by atoms with Gasteiger partial charge in [-0.2, -0.15) is 0 Å². The third kappa shape index (κ3) is 5.02. The first-order chi connectivity index (χ1) is 8.99. The summed E-state index contributed by atoms with van der Waals surface area (Å²) in [5.74, 6) is 3.01. The van der Waals surface area contributed by atoms with Crippen molar-refractivity contribution in [3.05, 3.63) is 0 Å². The lowest BCUT2D eigenvalue weighted by Gasteiger charge is -2.25. The van der Waals surface area contributed by atoms with Crippen LogP contribution in [0.4, 0.5) is 0 Å². The van der Waals surface area contributed by atoms with Gasteiger partial charge < -0.3 is 5.32 Å². The minimum absolute atomic E-state index is 0.703. The minimum Gasteiger partial charge on any atom is -0.365 e. The smallest absolute Gasteiger partial charge is 0.156 e. The highest BCUT2D eigenvalue weighted by Gasteiger charge is 2.26. The van der Waals surface area contributed by atoms with Gasteiger partial charge in [0.25, 0.3) is 0 Å². The molecule has 1 aliphatic rings. The number of amidine groups is 1. The Morgan fingerprint density at radius 2 is 1.74 bits per heavy atom. The first-order valence-corrected chi connectivity index (χ1v) is 8.82. The van der Waals surface area contributed by atoms with Gasteiger partial charge in [-0.1, -0.05) is 66.1 Å². The number of hydrogen-bond donors (Lipinski definition) is 1. The van der Waals surface area contributed by atoms with Crippen LogP contribution in [0.3, 0.4) is 0 Å². The Morgan fingerprint density at radius 1 is 1.16 bits per heavy atom. The monoisotopic (exact) mass is 284 g/mol. The molecule has 1 N–H and O–H groups in total. The lowest BCUT2D eigenvalue weighted by Crippen LogP contribution is -2.32. The van der Waals surface area contributed by atoms with E-state index in [0.717, 1.165) is 36.8 Å². The topological polar surface area (TPSA) is 24.4 Å². The van der Waals surface area contributed by atoms with Crippen molar-refractivity contribution in [2.24, 2.45) is 28.7 Å².